The number of hydrogen-bond acceptors (Lipinski definition) is 4. The van der Waals surface area contributed by atoms with E-state index in [0.717, 1.165) is 12.8 Å². The molecule has 0 radical (unpaired) electrons. The Kier molecular flexibility index (Phi) is 8.49. The number of amides is 2. The molecule has 0 aliphatic carbocycles. The molecule has 27 heavy (non-hydrogen) atoms. The number of hydrogen-bond donors (Lipinski definition) is 3. The number of likely N-dealkylation sites (tertiary alicyclic amines) is 1. The minimum absolute atomic E-state index is 0.0305. The molecule has 1 aromatic heterocycles. The van der Waals surface area contributed by atoms with Crippen LogP contribution in [0.25, 0.3) is 0 Å². The van der Waals surface area contributed by atoms with Crippen molar-refractivity contribution in [2.24, 2.45) is 0 Å². The monoisotopic (exact) mass is 380 g/mol. The van der Waals surface area contributed by atoms with E-state index in [-0.39, 0.29) is 35.9 Å². The zero-order chi connectivity index (χ0) is 20.6. The van der Waals surface area contributed by atoms with E-state index < -0.39 is 0 Å². The average Bonchev–Trinajstić information content (AvgIpc) is 3.22. The Morgan fingerprint density at radius 3 is 2.41 bits per heavy atom. The van der Waals surface area contributed by atoms with Gasteiger partial charge in [-0.05, 0) is 46.7 Å². The summed E-state index contributed by atoms with van der Waals surface area (Å²) in [5, 5.41) is 12.6. The molecule has 1 fully saturated rings. The van der Waals surface area contributed by atoms with Crippen molar-refractivity contribution >= 4 is 18.3 Å². The molecular weight excluding hydrogens is 348 g/mol. The molecule has 0 aromatic carbocycles. The van der Waals surface area contributed by atoms with Gasteiger partial charge in [0.2, 0.25) is 5.91 Å². The van der Waals surface area contributed by atoms with Crippen molar-refractivity contribution in [3.05, 3.63) is 24.0 Å². The number of aromatic nitrogens is 1. The number of carboxylic acid groups (broad SMARTS) is 1. The molecule has 1 aliphatic rings. The van der Waals surface area contributed by atoms with Gasteiger partial charge in [-0.15, -0.1) is 0 Å². The zero-order valence-electron chi connectivity index (χ0n) is 16.9. The highest BCUT2D eigenvalue weighted by Crippen LogP contribution is 2.24. The van der Waals surface area contributed by atoms with Gasteiger partial charge in [-0.1, -0.05) is 0 Å². The van der Waals surface area contributed by atoms with Crippen LogP contribution in [0.2, 0.25) is 0 Å². The number of rotatable bonds is 5. The third-order valence-corrected chi connectivity index (χ3v) is 4.91. The van der Waals surface area contributed by atoms with Crippen LogP contribution in [0, 0.1) is 0 Å². The molecule has 2 amide bonds. The number of likely N-dealkylation sites (N-methyl/N-ethyl adjacent to an activating group) is 1. The highest BCUT2D eigenvalue weighted by atomic mass is 16.3. The van der Waals surface area contributed by atoms with Gasteiger partial charge < -0.3 is 20.3 Å². The fraction of sp³-hybridized carbons (Fsp3) is 0.632. The van der Waals surface area contributed by atoms with Crippen LogP contribution in [0.1, 0.15) is 50.4 Å². The number of nitrogens with one attached hydrogen (secondary N) is 2. The lowest BCUT2D eigenvalue weighted by molar-refractivity contribution is -0.123. The molecule has 3 N–H and O–H groups in total. The second-order valence-electron chi connectivity index (χ2n) is 7.72. The normalized spacial score (nSPS) is 19.7. The minimum Gasteiger partial charge on any atom is -0.483 e. The summed E-state index contributed by atoms with van der Waals surface area (Å²) in [4.78, 5) is 34.5. The molecule has 2 heterocycles. The molecule has 1 aromatic rings. The summed E-state index contributed by atoms with van der Waals surface area (Å²) in [6, 6.07) is 2.40. The molecule has 2 rings (SSSR count). The van der Waals surface area contributed by atoms with Crippen molar-refractivity contribution in [1.82, 2.24) is 20.1 Å². The van der Waals surface area contributed by atoms with Gasteiger partial charge in [0.1, 0.15) is 0 Å². The fourth-order valence-electron chi connectivity index (χ4n) is 3.16. The lowest BCUT2D eigenvalue weighted by Crippen LogP contribution is -2.42. The molecule has 2 atom stereocenters. The lowest BCUT2D eigenvalue weighted by Gasteiger charge is -2.25. The quantitative estimate of drug-likeness (QED) is 0.668. The van der Waals surface area contributed by atoms with E-state index in [9.17, 15) is 9.59 Å². The van der Waals surface area contributed by atoms with Crippen LogP contribution >= 0.6 is 0 Å². The summed E-state index contributed by atoms with van der Waals surface area (Å²) in [7, 11) is 3.70. The topological polar surface area (TPSA) is 104 Å². The first-order chi connectivity index (χ1) is 12.6. The maximum absolute atomic E-state index is 12.3. The molecule has 0 saturated carbocycles. The van der Waals surface area contributed by atoms with Crippen molar-refractivity contribution in [3.8, 4) is 0 Å². The van der Waals surface area contributed by atoms with E-state index >= 15 is 0 Å². The van der Waals surface area contributed by atoms with Crippen LogP contribution in [0.3, 0.4) is 0 Å². The Hall–Kier alpha value is -2.35. The molecule has 152 valence electrons. The Morgan fingerprint density at radius 1 is 1.30 bits per heavy atom. The van der Waals surface area contributed by atoms with Crippen molar-refractivity contribution in [3.63, 3.8) is 0 Å². The summed E-state index contributed by atoms with van der Waals surface area (Å²) in [6.45, 7) is 6.68. The second-order valence-corrected chi connectivity index (χ2v) is 7.72. The van der Waals surface area contributed by atoms with Gasteiger partial charge in [-0.3, -0.25) is 19.3 Å². The zero-order valence-corrected chi connectivity index (χ0v) is 16.9. The van der Waals surface area contributed by atoms with Crippen molar-refractivity contribution in [2.75, 3.05) is 20.6 Å². The first kappa shape index (κ1) is 22.7. The molecule has 8 heteroatoms. The lowest BCUT2D eigenvalue weighted by atomic mass is 10.1. The van der Waals surface area contributed by atoms with Gasteiger partial charge >= 0.3 is 0 Å². The van der Waals surface area contributed by atoms with Crippen LogP contribution < -0.4 is 10.6 Å². The second kappa shape index (κ2) is 10.1. The third-order valence-electron chi connectivity index (χ3n) is 4.91. The average molecular weight is 380 g/mol. The SMILES string of the molecule is CNC(=O)C[C@H]1CC[C@@H](CNC(=O)c2ccn(C(C)(C)C)c2)N1C.O=CO. The van der Waals surface area contributed by atoms with Gasteiger partial charge in [-0.25, -0.2) is 0 Å². The standard InChI is InChI=1S/C18H30N4O2.CH2O2/c1-18(2,3)22-9-8-13(12-22)17(24)20-11-15-7-6-14(21(15)5)10-16(23)19-4;2-1-3/h8-9,12,14-15H,6-7,10-11H2,1-5H3,(H,19,23)(H,20,24);1H,(H,2,3)/t14-,15+;/m1./s1. The van der Waals surface area contributed by atoms with Crippen LogP contribution in [0.15, 0.2) is 18.5 Å². The number of carbonyl (C=O) groups is 3. The Bertz CT molecular complexity index is 636. The summed E-state index contributed by atoms with van der Waals surface area (Å²) >= 11 is 0. The summed E-state index contributed by atoms with van der Waals surface area (Å²) in [5.74, 6) is 0.0289. The minimum atomic E-state index is -0.250. The third kappa shape index (κ3) is 6.71. The van der Waals surface area contributed by atoms with Crippen LogP contribution in [-0.2, 0) is 15.1 Å². The molecule has 0 unspecified atom stereocenters. The van der Waals surface area contributed by atoms with Crippen molar-refractivity contribution < 1.29 is 19.5 Å². The molecule has 0 spiro atoms. The van der Waals surface area contributed by atoms with E-state index in [2.05, 4.69) is 36.3 Å². The van der Waals surface area contributed by atoms with E-state index in [4.69, 9.17) is 9.90 Å². The first-order valence-corrected chi connectivity index (χ1v) is 9.11. The van der Waals surface area contributed by atoms with Gasteiger partial charge in [0.05, 0.1) is 5.56 Å². The van der Waals surface area contributed by atoms with Gasteiger partial charge in [0, 0.05) is 50.0 Å². The summed E-state index contributed by atoms with van der Waals surface area (Å²) in [6.07, 6.45) is 6.34. The highest BCUT2D eigenvalue weighted by molar-refractivity contribution is 5.94. The number of nitrogens with zero attached hydrogens (tertiary/aromatic N) is 2. The summed E-state index contributed by atoms with van der Waals surface area (Å²) in [5.41, 5.74) is 0.657. The van der Waals surface area contributed by atoms with Gasteiger partial charge in [-0.2, -0.15) is 0 Å². The predicted molar refractivity (Wildman–Crippen MR) is 104 cm³/mol. The predicted octanol–water partition coefficient (Wildman–Crippen LogP) is 1.27. The van der Waals surface area contributed by atoms with Crippen molar-refractivity contribution in [1.29, 1.82) is 0 Å². The smallest absolute Gasteiger partial charge is 0.290 e. The maximum Gasteiger partial charge on any atom is 0.290 e. The molecule has 0 bridgehead atoms. The highest BCUT2D eigenvalue weighted by Gasteiger charge is 2.31. The molecular formula is C19H32N4O4. The molecule has 1 saturated heterocycles. The van der Waals surface area contributed by atoms with E-state index in [1.807, 2.05) is 30.1 Å². The van der Waals surface area contributed by atoms with Crippen LogP contribution in [-0.4, -0.2) is 65.6 Å². The van der Waals surface area contributed by atoms with Gasteiger partial charge in [0.25, 0.3) is 12.4 Å². The Balaban J connectivity index is 0.00000114. The first-order valence-electron chi connectivity index (χ1n) is 9.11. The largest absolute Gasteiger partial charge is 0.483 e. The molecule has 8 nitrogen and oxygen atoms in total. The van der Waals surface area contributed by atoms with E-state index in [1.165, 1.54) is 0 Å². The Labute approximate surface area is 160 Å². The van der Waals surface area contributed by atoms with E-state index in [1.54, 1.807) is 7.05 Å². The van der Waals surface area contributed by atoms with Crippen LogP contribution in [0.4, 0.5) is 0 Å². The van der Waals surface area contributed by atoms with E-state index in [0.29, 0.717) is 18.5 Å². The van der Waals surface area contributed by atoms with Crippen LogP contribution in [0.5, 0.6) is 0 Å². The fourth-order valence-corrected chi connectivity index (χ4v) is 3.16. The Morgan fingerprint density at radius 2 is 1.89 bits per heavy atom. The maximum atomic E-state index is 12.3. The summed E-state index contributed by atoms with van der Waals surface area (Å²) < 4.78 is 2.04. The van der Waals surface area contributed by atoms with Crippen molar-refractivity contribution in [2.45, 2.75) is 57.7 Å². The van der Waals surface area contributed by atoms with Gasteiger partial charge in [0.15, 0.2) is 0 Å². The molecule has 1 aliphatic heterocycles. The number of carbonyl (C=O) groups excluding carboxylic acids is 2.